The van der Waals surface area contributed by atoms with Gasteiger partial charge in [-0.1, -0.05) is 24.3 Å². The van der Waals surface area contributed by atoms with Crippen LogP contribution >= 0.6 is 0 Å². The van der Waals surface area contributed by atoms with Crippen molar-refractivity contribution in [2.75, 3.05) is 39.6 Å². The standard InChI is InChI=1S/C22H38O6/c1-19(2)17-25-13-7-9-15-27-21(23)11-5-6-12-22(24)28-16-10-8-14-26-18-20(3)4/h1,3,5-18H2,2,4H3. The second-order valence-corrected chi connectivity index (χ2v) is 7.08. The van der Waals surface area contributed by atoms with Gasteiger partial charge in [0.05, 0.1) is 26.4 Å². The van der Waals surface area contributed by atoms with Gasteiger partial charge in [0.15, 0.2) is 0 Å². The molecule has 0 saturated carbocycles. The first-order chi connectivity index (χ1) is 13.4. The zero-order valence-corrected chi connectivity index (χ0v) is 17.8. The smallest absolute Gasteiger partial charge is 0.305 e. The molecule has 0 spiro atoms. The maximum Gasteiger partial charge on any atom is 0.305 e. The Bertz CT molecular complexity index is 416. The van der Waals surface area contributed by atoms with E-state index < -0.39 is 0 Å². The predicted octanol–water partition coefficient (Wildman–Crippen LogP) is 4.38. The summed E-state index contributed by atoms with van der Waals surface area (Å²) in [5.41, 5.74) is 2.00. The van der Waals surface area contributed by atoms with Crippen LogP contribution in [-0.4, -0.2) is 51.6 Å². The van der Waals surface area contributed by atoms with Crippen LogP contribution in [0.3, 0.4) is 0 Å². The third kappa shape index (κ3) is 20.6. The molecule has 0 aliphatic rings. The summed E-state index contributed by atoms with van der Waals surface area (Å²) >= 11 is 0. The lowest BCUT2D eigenvalue weighted by molar-refractivity contribution is -0.146. The van der Waals surface area contributed by atoms with Crippen LogP contribution in [-0.2, 0) is 28.5 Å². The fourth-order valence-corrected chi connectivity index (χ4v) is 2.16. The minimum Gasteiger partial charge on any atom is -0.466 e. The molecule has 0 atom stereocenters. The average molecular weight is 399 g/mol. The molecule has 0 radical (unpaired) electrons. The Morgan fingerprint density at radius 1 is 0.607 bits per heavy atom. The molecular weight excluding hydrogens is 360 g/mol. The van der Waals surface area contributed by atoms with E-state index in [0.29, 0.717) is 65.3 Å². The first-order valence-corrected chi connectivity index (χ1v) is 10.2. The Morgan fingerprint density at radius 3 is 1.32 bits per heavy atom. The van der Waals surface area contributed by atoms with Crippen LogP contribution in [0.5, 0.6) is 0 Å². The zero-order valence-electron chi connectivity index (χ0n) is 17.8. The Hall–Kier alpha value is -1.66. The third-order valence-electron chi connectivity index (χ3n) is 3.60. The average Bonchev–Trinajstić information content (AvgIpc) is 2.63. The molecule has 0 amide bonds. The summed E-state index contributed by atoms with van der Waals surface area (Å²) in [6.07, 6.45) is 5.20. The number of carbonyl (C=O) groups excluding carboxylic acids is 2. The normalized spacial score (nSPS) is 10.5. The summed E-state index contributed by atoms with van der Waals surface area (Å²) in [6.45, 7) is 14.6. The van der Waals surface area contributed by atoms with Crippen LogP contribution in [0.25, 0.3) is 0 Å². The molecule has 0 heterocycles. The molecule has 0 unspecified atom stereocenters. The van der Waals surface area contributed by atoms with E-state index in [1.807, 2.05) is 13.8 Å². The molecule has 0 aliphatic carbocycles. The largest absolute Gasteiger partial charge is 0.466 e. The minimum absolute atomic E-state index is 0.217. The molecule has 0 bridgehead atoms. The Morgan fingerprint density at radius 2 is 0.964 bits per heavy atom. The van der Waals surface area contributed by atoms with E-state index in [9.17, 15) is 9.59 Å². The van der Waals surface area contributed by atoms with E-state index >= 15 is 0 Å². The third-order valence-corrected chi connectivity index (χ3v) is 3.60. The highest BCUT2D eigenvalue weighted by molar-refractivity contribution is 5.70. The van der Waals surface area contributed by atoms with Gasteiger partial charge in [-0.3, -0.25) is 9.59 Å². The van der Waals surface area contributed by atoms with Crippen LogP contribution < -0.4 is 0 Å². The number of esters is 2. The van der Waals surface area contributed by atoms with Gasteiger partial charge in [-0.05, 0) is 52.4 Å². The summed E-state index contributed by atoms with van der Waals surface area (Å²) in [5, 5.41) is 0. The number of hydrogen-bond donors (Lipinski definition) is 0. The topological polar surface area (TPSA) is 71.1 Å². The van der Waals surface area contributed by atoms with Crippen molar-refractivity contribution >= 4 is 11.9 Å². The summed E-state index contributed by atoms with van der Waals surface area (Å²) in [5.74, 6) is -0.433. The highest BCUT2D eigenvalue weighted by atomic mass is 16.5. The van der Waals surface area contributed by atoms with Gasteiger partial charge in [0.2, 0.25) is 0 Å². The van der Waals surface area contributed by atoms with Gasteiger partial charge >= 0.3 is 11.9 Å². The zero-order chi connectivity index (χ0) is 21.0. The Labute approximate surface area is 170 Å². The summed E-state index contributed by atoms with van der Waals surface area (Å²) in [4.78, 5) is 23.2. The van der Waals surface area contributed by atoms with E-state index in [4.69, 9.17) is 18.9 Å². The maximum absolute atomic E-state index is 11.6. The van der Waals surface area contributed by atoms with Gasteiger partial charge in [0, 0.05) is 26.1 Å². The van der Waals surface area contributed by atoms with Crippen molar-refractivity contribution in [3.8, 4) is 0 Å². The SMILES string of the molecule is C=C(C)COCCCCOC(=O)CCCCC(=O)OCCCCOCC(=C)C. The molecule has 0 aromatic heterocycles. The van der Waals surface area contributed by atoms with Gasteiger partial charge in [-0.15, -0.1) is 0 Å². The second kappa shape index (κ2) is 18.7. The highest BCUT2D eigenvalue weighted by Crippen LogP contribution is 2.04. The lowest BCUT2D eigenvalue weighted by Crippen LogP contribution is -2.09. The van der Waals surface area contributed by atoms with Gasteiger partial charge in [-0.2, -0.15) is 0 Å². The first-order valence-electron chi connectivity index (χ1n) is 10.2. The van der Waals surface area contributed by atoms with E-state index in [1.54, 1.807) is 0 Å². The molecule has 0 aromatic rings. The molecule has 6 nitrogen and oxygen atoms in total. The number of hydrogen-bond acceptors (Lipinski definition) is 6. The molecule has 6 heteroatoms. The van der Waals surface area contributed by atoms with Gasteiger partial charge in [0.1, 0.15) is 0 Å². The lowest BCUT2D eigenvalue weighted by atomic mass is 10.2. The van der Waals surface area contributed by atoms with Crippen molar-refractivity contribution in [1.29, 1.82) is 0 Å². The van der Waals surface area contributed by atoms with Crippen LogP contribution in [0.2, 0.25) is 0 Å². The molecule has 0 aliphatic heterocycles. The van der Waals surface area contributed by atoms with E-state index in [-0.39, 0.29) is 11.9 Å². The molecular formula is C22H38O6. The lowest BCUT2D eigenvalue weighted by Gasteiger charge is -2.07. The van der Waals surface area contributed by atoms with Gasteiger partial charge < -0.3 is 18.9 Å². The fraction of sp³-hybridized carbons (Fsp3) is 0.727. The van der Waals surface area contributed by atoms with Crippen LogP contribution in [0, 0.1) is 0 Å². The maximum atomic E-state index is 11.6. The molecule has 162 valence electrons. The number of carbonyl (C=O) groups is 2. The van der Waals surface area contributed by atoms with Gasteiger partial charge in [-0.25, -0.2) is 0 Å². The van der Waals surface area contributed by atoms with E-state index in [0.717, 1.165) is 36.8 Å². The Balaban J connectivity index is 3.36. The molecule has 0 saturated heterocycles. The highest BCUT2D eigenvalue weighted by Gasteiger charge is 2.06. The van der Waals surface area contributed by atoms with E-state index in [2.05, 4.69) is 13.2 Å². The summed E-state index contributed by atoms with van der Waals surface area (Å²) in [6, 6.07) is 0. The van der Waals surface area contributed by atoms with Crippen LogP contribution in [0.15, 0.2) is 24.3 Å². The van der Waals surface area contributed by atoms with Crippen molar-refractivity contribution in [3.63, 3.8) is 0 Å². The van der Waals surface area contributed by atoms with Crippen molar-refractivity contribution < 1.29 is 28.5 Å². The number of rotatable bonds is 19. The van der Waals surface area contributed by atoms with Crippen molar-refractivity contribution in [2.45, 2.75) is 65.2 Å². The first kappa shape index (κ1) is 26.3. The predicted molar refractivity (Wildman–Crippen MR) is 110 cm³/mol. The van der Waals surface area contributed by atoms with Crippen LogP contribution in [0.1, 0.15) is 65.2 Å². The molecule has 0 N–H and O–H groups in total. The molecule has 0 aromatic carbocycles. The van der Waals surface area contributed by atoms with Crippen LogP contribution in [0.4, 0.5) is 0 Å². The monoisotopic (exact) mass is 398 g/mol. The number of unbranched alkanes of at least 4 members (excludes halogenated alkanes) is 3. The Kier molecular flexibility index (Phi) is 17.6. The molecule has 28 heavy (non-hydrogen) atoms. The quantitative estimate of drug-likeness (QED) is 0.183. The van der Waals surface area contributed by atoms with Crippen molar-refractivity contribution in [1.82, 2.24) is 0 Å². The van der Waals surface area contributed by atoms with Gasteiger partial charge in [0.25, 0.3) is 0 Å². The fourth-order valence-electron chi connectivity index (χ4n) is 2.16. The second-order valence-electron chi connectivity index (χ2n) is 7.08. The van der Waals surface area contributed by atoms with Crippen molar-refractivity contribution in [3.05, 3.63) is 24.3 Å². The minimum atomic E-state index is -0.217. The summed E-state index contributed by atoms with van der Waals surface area (Å²) in [7, 11) is 0. The molecule has 0 fully saturated rings. The molecule has 0 rings (SSSR count). The summed E-state index contributed by atoms with van der Waals surface area (Å²) < 4.78 is 21.1. The van der Waals surface area contributed by atoms with E-state index in [1.165, 1.54) is 0 Å². The number of ether oxygens (including phenoxy) is 4. The van der Waals surface area contributed by atoms with Crippen molar-refractivity contribution in [2.24, 2.45) is 0 Å².